The molecule has 23 heavy (non-hydrogen) atoms. The lowest BCUT2D eigenvalue weighted by Crippen LogP contribution is -2.16. The fraction of sp³-hybridized carbons (Fsp3) is 0.111. The standard InChI is InChI=1S/C18H15N3O2/c1-11-6-2-4-8-14(11)19-18(22)17-13-10-23-15-9-5-3-7-12(15)16(13)20-21-17/h2-9H,10H2,1H3,(H,19,22)(H,20,21). The van der Waals surface area contributed by atoms with Gasteiger partial charge in [0.25, 0.3) is 5.91 Å². The molecular formula is C18H15N3O2. The molecule has 5 heteroatoms. The predicted molar refractivity (Wildman–Crippen MR) is 87.5 cm³/mol. The molecule has 2 N–H and O–H groups in total. The number of H-pyrrole nitrogens is 1. The second kappa shape index (κ2) is 5.28. The molecule has 0 saturated carbocycles. The van der Waals surface area contributed by atoms with E-state index in [4.69, 9.17) is 4.74 Å². The van der Waals surface area contributed by atoms with Gasteiger partial charge in [0.05, 0.1) is 0 Å². The van der Waals surface area contributed by atoms with E-state index in [1.807, 2.05) is 55.5 Å². The van der Waals surface area contributed by atoms with Gasteiger partial charge in [-0.3, -0.25) is 9.89 Å². The van der Waals surface area contributed by atoms with Crippen LogP contribution in [0.15, 0.2) is 48.5 Å². The molecule has 0 spiro atoms. The number of hydrogen-bond donors (Lipinski definition) is 2. The summed E-state index contributed by atoms with van der Waals surface area (Å²) in [5.74, 6) is 0.577. The number of para-hydroxylation sites is 2. The van der Waals surface area contributed by atoms with E-state index < -0.39 is 0 Å². The van der Waals surface area contributed by atoms with Gasteiger partial charge in [0.2, 0.25) is 0 Å². The molecule has 2 aromatic carbocycles. The number of fused-ring (bicyclic) bond motifs is 3. The maximum Gasteiger partial charge on any atom is 0.274 e. The van der Waals surface area contributed by atoms with E-state index in [2.05, 4.69) is 15.5 Å². The number of nitrogens with one attached hydrogen (secondary N) is 2. The number of aryl methyl sites for hydroxylation is 1. The Labute approximate surface area is 133 Å². The van der Waals surface area contributed by atoms with Gasteiger partial charge >= 0.3 is 0 Å². The predicted octanol–water partition coefficient (Wildman–Crippen LogP) is 3.53. The minimum Gasteiger partial charge on any atom is -0.488 e. The maximum absolute atomic E-state index is 12.6. The molecule has 0 radical (unpaired) electrons. The Morgan fingerprint density at radius 2 is 1.96 bits per heavy atom. The van der Waals surface area contributed by atoms with Crippen LogP contribution in [0.5, 0.6) is 5.75 Å². The summed E-state index contributed by atoms with van der Waals surface area (Å²) >= 11 is 0. The number of aromatic nitrogens is 2. The third kappa shape index (κ3) is 2.26. The van der Waals surface area contributed by atoms with Crippen molar-refractivity contribution in [3.8, 4) is 17.0 Å². The summed E-state index contributed by atoms with van der Waals surface area (Å²) in [7, 11) is 0. The summed E-state index contributed by atoms with van der Waals surface area (Å²) in [6.45, 7) is 2.29. The molecule has 1 amide bonds. The van der Waals surface area contributed by atoms with Gasteiger partial charge in [-0.05, 0) is 30.7 Å². The number of rotatable bonds is 2. The molecule has 114 valence electrons. The summed E-state index contributed by atoms with van der Waals surface area (Å²) in [5.41, 5.74) is 4.71. The number of carbonyl (C=O) groups excluding carboxylic acids is 1. The topological polar surface area (TPSA) is 67.0 Å². The number of hydrogen-bond acceptors (Lipinski definition) is 3. The number of aromatic amines is 1. The summed E-state index contributed by atoms with van der Waals surface area (Å²) < 4.78 is 5.73. The van der Waals surface area contributed by atoms with Crippen LogP contribution in [-0.2, 0) is 6.61 Å². The van der Waals surface area contributed by atoms with Crippen molar-refractivity contribution in [2.75, 3.05) is 5.32 Å². The van der Waals surface area contributed by atoms with Gasteiger partial charge in [-0.2, -0.15) is 5.10 Å². The third-order valence-corrected chi connectivity index (χ3v) is 4.00. The highest BCUT2D eigenvalue weighted by Gasteiger charge is 2.26. The SMILES string of the molecule is Cc1ccccc1NC(=O)c1[nH]nc2c1COc1ccccc1-2. The van der Waals surface area contributed by atoms with Crippen molar-refractivity contribution in [2.24, 2.45) is 0 Å². The quantitative estimate of drug-likeness (QED) is 0.761. The van der Waals surface area contributed by atoms with Gasteiger partial charge < -0.3 is 10.1 Å². The van der Waals surface area contributed by atoms with Crippen LogP contribution >= 0.6 is 0 Å². The van der Waals surface area contributed by atoms with Crippen molar-refractivity contribution in [2.45, 2.75) is 13.5 Å². The van der Waals surface area contributed by atoms with Gasteiger partial charge in [0.1, 0.15) is 23.7 Å². The third-order valence-electron chi connectivity index (χ3n) is 4.00. The molecule has 0 unspecified atom stereocenters. The number of ether oxygens (including phenoxy) is 1. The molecule has 0 aliphatic carbocycles. The highest BCUT2D eigenvalue weighted by molar-refractivity contribution is 6.05. The Balaban J connectivity index is 1.69. The first-order valence-corrected chi connectivity index (χ1v) is 7.40. The Morgan fingerprint density at radius 1 is 1.17 bits per heavy atom. The van der Waals surface area contributed by atoms with E-state index in [0.717, 1.165) is 33.8 Å². The first-order chi connectivity index (χ1) is 11.2. The molecule has 5 nitrogen and oxygen atoms in total. The highest BCUT2D eigenvalue weighted by atomic mass is 16.5. The van der Waals surface area contributed by atoms with Crippen molar-refractivity contribution in [1.82, 2.24) is 10.2 Å². The second-order valence-corrected chi connectivity index (χ2v) is 5.48. The van der Waals surface area contributed by atoms with Crippen LogP contribution in [0.4, 0.5) is 5.69 Å². The molecule has 2 heterocycles. The minimum atomic E-state index is -0.212. The lowest BCUT2D eigenvalue weighted by atomic mass is 10.0. The van der Waals surface area contributed by atoms with Crippen LogP contribution in [-0.4, -0.2) is 16.1 Å². The average Bonchev–Trinajstić information content (AvgIpc) is 3.01. The Morgan fingerprint density at radius 3 is 2.83 bits per heavy atom. The van der Waals surface area contributed by atoms with Crippen LogP contribution in [0, 0.1) is 6.92 Å². The van der Waals surface area contributed by atoms with E-state index in [9.17, 15) is 4.79 Å². The number of amides is 1. The van der Waals surface area contributed by atoms with E-state index >= 15 is 0 Å². The van der Waals surface area contributed by atoms with Crippen LogP contribution in [0.25, 0.3) is 11.3 Å². The molecule has 0 bridgehead atoms. The van der Waals surface area contributed by atoms with Crippen LogP contribution in [0.3, 0.4) is 0 Å². The molecule has 1 aromatic heterocycles. The molecule has 1 aliphatic rings. The first kappa shape index (κ1) is 13.6. The number of anilines is 1. The molecule has 3 aromatic rings. The van der Waals surface area contributed by atoms with Gasteiger partial charge in [0.15, 0.2) is 0 Å². The summed E-state index contributed by atoms with van der Waals surface area (Å²) in [6, 6.07) is 15.4. The first-order valence-electron chi connectivity index (χ1n) is 7.40. The Hall–Kier alpha value is -3.08. The van der Waals surface area contributed by atoms with Crippen molar-refractivity contribution in [3.63, 3.8) is 0 Å². The summed E-state index contributed by atoms with van der Waals surface area (Å²) in [5, 5.41) is 10.1. The van der Waals surface area contributed by atoms with Crippen molar-refractivity contribution in [1.29, 1.82) is 0 Å². The van der Waals surface area contributed by atoms with E-state index in [-0.39, 0.29) is 5.91 Å². The van der Waals surface area contributed by atoms with Crippen molar-refractivity contribution in [3.05, 3.63) is 65.4 Å². The zero-order chi connectivity index (χ0) is 15.8. The molecular weight excluding hydrogens is 290 g/mol. The van der Waals surface area contributed by atoms with E-state index in [1.54, 1.807) is 0 Å². The average molecular weight is 305 g/mol. The zero-order valence-corrected chi connectivity index (χ0v) is 12.6. The maximum atomic E-state index is 12.6. The molecule has 1 aliphatic heterocycles. The van der Waals surface area contributed by atoms with E-state index in [1.165, 1.54) is 0 Å². The molecule has 0 atom stereocenters. The largest absolute Gasteiger partial charge is 0.488 e. The molecule has 0 saturated heterocycles. The lowest BCUT2D eigenvalue weighted by molar-refractivity contribution is 0.101. The Kier molecular flexibility index (Phi) is 3.12. The number of carbonyl (C=O) groups is 1. The monoisotopic (exact) mass is 305 g/mol. The van der Waals surface area contributed by atoms with Gasteiger partial charge in [-0.1, -0.05) is 30.3 Å². The molecule has 4 rings (SSSR count). The smallest absolute Gasteiger partial charge is 0.274 e. The number of nitrogens with zero attached hydrogens (tertiary/aromatic N) is 1. The summed E-state index contributed by atoms with van der Waals surface area (Å²) in [6.07, 6.45) is 0. The normalized spacial score (nSPS) is 12.0. The van der Waals surface area contributed by atoms with Crippen LogP contribution < -0.4 is 10.1 Å². The second-order valence-electron chi connectivity index (χ2n) is 5.48. The lowest BCUT2D eigenvalue weighted by Gasteiger charge is -2.17. The van der Waals surface area contributed by atoms with Crippen molar-refractivity contribution < 1.29 is 9.53 Å². The number of benzene rings is 2. The fourth-order valence-electron chi connectivity index (χ4n) is 2.75. The fourth-order valence-corrected chi connectivity index (χ4v) is 2.75. The van der Waals surface area contributed by atoms with Crippen molar-refractivity contribution >= 4 is 11.6 Å². The highest BCUT2D eigenvalue weighted by Crippen LogP contribution is 2.37. The van der Waals surface area contributed by atoms with Gasteiger partial charge in [0, 0.05) is 16.8 Å². The zero-order valence-electron chi connectivity index (χ0n) is 12.6. The van der Waals surface area contributed by atoms with Gasteiger partial charge in [-0.25, -0.2) is 0 Å². The van der Waals surface area contributed by atoms with Crippen LogP contribution in [0.2, 0.25) is 0 Å². The van der Waals surface area contributed by atoms with E-state index in [0.29, 0.717) is 12.3 Å². The Bertz CT molecular complexity index is 899. The van der Waals surface area contributed by atoms with Crippen LogP contribution in [0.1, 0.15) is 21.6 Å². The summed E-state index contributed by atoms with van der Waals surface area (Å²) in [4.78, 5) is 12.6. The van der Waals surface area contributed by atoms with Gasteiger partial charge in [-0.15, -0.1) is 0 Å². The minimum absolute atomic E-state index is 0.212. The molecule has 0 fully saturated rings.